The third-order valence-corrected chi connectivity index (χ3v) is 3.09. The molecule has 0 unspecified atom stereocenters. The zero-order chi connectivity index (χ0) is 9.30. The maximum atomic E-state index is 12.7. The van der Waals surface area contributed by atoms with Crippen molar-refractivity contribution in [1.82, 2.24) is 0 Å². The van der Waals surface area contributed by atoms with Crippen LogP contribution in [-0.2, 0) is 0 Å². The summed E-state index contributed by atoms with van der Waals surface area (Å²) in [6.07, 6.45) is 0. The molecule has 0 aliphatic carbocycles. The van der Waals surface area contributed by atoms with Crippen molar-refractivity contribution < 1.29 is 14.4 Å². The van der Waals surface area contributed by atoms with Crippen molar-refractivity contribution in [3.8, 4) is 0 Å². The van der Waals surface area contributed by atoms with Gasteiger partial charge in [-0.05, 0) is 57.3 Å². The molecule has 0 radical (unpaired) electrons. The predicted octanol–water partition coefficient (Wildman–Crippen LogP) is 0.715. The first-order valence-electron chi connectivity index (χ1n) is 3.03. The first-order valence-corrected chi connectivity index (χ1v) is 5.18. The Morgan fingerprint density at radius 2 is 1.58 bits per heavy atom. The van der Waals surface area contributed by atoms with Crippen LogP contribution in [0, 0.1) is 13.0 Å². The van der Waals surface area contributed by atoms with Crippen LogP contribution in [0.2, 0.25) is 0 Å². The average molecular weight is 392 g/mol. The van der Waals surface area contributed by atoms with Gasteiger partial charge < -0.3 is 10.0 Å². The normalized spacial score (nSPS) is 10.1. The highest BCUT2D eigenvalue weighted by molar-refractivity contribution is 14.1. The molecule has 0 amide bonds. The van der Waals surface area contributed by atoms with Gasteiger partial charge in [-0.1, -0.05) is 0 Å². The summed E-state index contributed by atoms with van der Waals surface area (Å²) in [4.78, 5) is 0. The van der Waals surface area contributed by atoms with Gasteiger partial charge in [0.05, 0.1) is 0 Å². The Bertz CT molecular complexity index is 283. The lowest BCUT2D eigenvalue weighted by Crippen LogP contribution is -2.35. The Labute approximate surface area is 96.6 Å². The second-order valence-corrected chi connectivity index (χ2v) is 4.48. The SMILES string of the molecule is OB(O)c1c(I)cc(F)cc1I. The van der Waals surface area contributed by atoms with Crippen LogP contribution in [0.25, 0.3) is 0 Å². The molecule has 0 heterocycles. The highest BCUT2D eigenvalue weighted by Crippen LogP contribution is 2.11. The standard InChI is InChI=1S/C6H4BFI2O2/c8-3-1-4(9)6(7(11)12)5(10)2-3/h1-2,11-12H. The van der Waals surface area contributed by atoms with E-state index in [1.807, 2.05) is 45.2 Å². The Balaban J connectivity index is 3.28. The molecule has 1 rings (SSSR count). The van der Waals surface area contributed by atoms with Crippen LogP contribution in [0.5, 0.6) is 0 Å². The number of hydrogen-bond donors (Lipinski definition) is 2. The molecule has 2 nitrogen and oxygen atoms in total. The lowest BCUT2D eigenvalue weighted by atomic mass is 9.80. The van der Waals surface area contributed by atoms with Gasteiger partial charge in [-0.25, -0.2) is 4.39 Å². The lowest BCUT2D eigenvalue weighted by Gasteiger charge is -2.05. The Morgan fingerprint density at radius 1 is 1.17 bits per heavy atom. The van der Waals surface area contributed by atoms with Crippen molar-refractivity contribution in [1.29, 1.82) is 0 Å². The van der Waals surface area contributed by atoms with E-state index < -0.39 is 7.12 Å². The minimum Gasteiger partial charge on any atom is -0.423 e. The van der Waals surface area contributed by atoms with E-state index in [1.54, 1.807) is 0 Å². The number of benzene rings is 1. The Morgan fingerprint density at radius 3 is 1.92 bits per heavy atom. The fourth-order valence-electron chi connectivity index (χ4n) is 0.800. The summed E-state index contributed by atoms with van der Waals surface area (Å²) in [6, 6.07) is 2.52. The van der Waals surface area contributed by atoms with Crippen LogP contribution in [0.15, 0.2) is 12.1 Å². The number of halogens is 3. The molecule has 1 aromatic rings. The van der Waals surface area contributed by atoms with Crippen LogP contribution in [-0.4, -0.2) is 17.2 Å². The highest BCUT2D eigenvalue weighted by Gasteiger charge is 2.19. The Kier molecular flexibility index (Phi) is 3.74. The van der Waals surface area contributed by atoms with Crippen molar-refractivity contribution in [2.24, 2.45) is 0 Å². The molecule has 0 aromatic heterocycles. The van der Waals surface area contributed by atoms with Crippen LogP contribution in [0.1, 0.15) is 0 Å². The summed E-state index contributed by atoms with van der Waals surface area (Å²) >= 11 is 3.72. The molecule has 64 valence electrons. The van der Waals surface area contributed by atoms with Crippen LogP contribution in [0.4, 0.5) is 4.39 Å². The monoisotopic (exact) mass is 392 g/mol. The zero-order valence-electron chi connectivity index (χ0n) is 5.76. The topological polar surface area (TPSA) is 40.5 Å². The van der Waals surface area contributed by atoms with E-state index in [0.29, 0.717) is 12.6 Å². The molecule has 0 bridgehead atoms. The van der Waals surface area contributed by atoms with Gasteiger partial charge in [0, 0.05) is 12.6 Å². The van der Waals surface area contributed by atoms with Gasteiger partial charge in [-0.3, -0.25) is 0 Å². The second-order valence-electron chi connectivity index (χ2n) is 2.16. The van der Waals surface area contributed by atoms with Gasteiger partial charge in [0.2, 0.25) is 0 Å². The molecule has 0 fully saturated rings. The minimum absolute atomic E-state index is 0.359. The third-order valence-electron chi connectivity index (χ3n) is 1.30. The van der Waals surface area contributed by atoms with E-state index in [4.69, 9.17) is 10.0 Å². The quantitative estimate of drug-likeness (QED) is 0.547. The van der Waals surface area contributed by atoms with Gasteiger partial charge in [0.25, 0.3) is 0 Å². The summed E-state index contributed by atoms with van der Waals surface area (Å²) < 4.78 is 13.7. The largest absolute Gasteiger partial charge is 0.490 e. The van der Waals surface area contributed by atoms with Gasteiger partial charge in [-0.15, -0.1) is 0 Å². The molecule has 1 aromatic carbocycles. The van der Waals surface area contributed by atoms with Crippen LogP contribution in [0.3, 0.4) is 0 Å². The summed E-state index contributed by atoms with van der Waals surface area (Å²) in [5.41, 5.74) is 0.359. The number of hydrogen-bond acceptors (Lipinski definition) is 2. The first kappa shape index (κ1) is 10.7. The van der Waals surface area contributed by atoms with Gasteiger partial charge in [0.15, 0.2) is 0 Å². The van der Waals surface area contributed by atoms with Crippen molar-refractivity contribution >= 4 is 57.8 Å². The fourth-order valence-corrected chi connectivity index (χ4v) is 3.05. The van der Waals surface area contributed by atoms with E-state index in [-0.39, 0.29) is 5.82 Å². The van der Waals surface area contributed by atoms with Gasteiger partial charge in [-0.2, -0.15) is 0 Å². The van der Waals surface area contributed by atoms with Crippen molar-refractivity contribution in [2.75, 3.05) is 0 Å². The molecular formula is C6H4BFI2O2. The van der Waals surface area contributed by atoms with Crippen LogP contribution < -0.4 is 5.46 Å². The maximum Gasteiger partial charge on any atom is 0.490 e. The molecule has 0 saturated carbocycles. The average Bonchev–Trinajstić information content (AvgIpc) is 1.82. The van der Waals surface area contributed by atoms with Gasteiger partial charge >= 0.3 is 7.12 Å². The van der Waals surface area contributed by atoms with E-state index in [2.05, 4.69) is 0 Å². The van der Waals surface area contributed by atoms with E-state index in [1.165, 1.54) is 12.1 Å². The Hall–Kier alpha value is 0.595. The minimum atomic E-state index is -1.54. The summed E-state index contributed by atoms with van der Waals surface area (Å²) in [7, 11) is -1.54. The van der Waals surface area contributed by atoms with E-state index in [9.17, 15) is 4.39 Å². The summed E-state index contributed by atoms with van der Waals surface area (Å²) in [5.74, 6) is -0.367. The first-order chi connectivity index (χ1) is 5.52. The van der Waals surface area contributed by atoms with Crippen molar-refractivity contribution in [3.63, 3.8) is 0 Å². The maximum absolute atomic E-state index is 12.7. The van der Waals surface area contributed by atoms with Gasteiger partial charge in [0.1, 0.15) is 5.82 Å². The highest BCUT2D eigenvalue weighted by atomic mass is 127. The lowest BCUT2D eigenvalue weighted by molar-refractivity contribution is 0.425. The van der Waals surface area contributed by atoms with E-state index >= 15 is 0 Å². The molecule has 2 N–H and O–H groups in total. The number of rotatable bonds is 1. The second kappa shape index (κ2) is 4.20. The summed E-state index contributed by atoms with van der Waals surface area (Å²) in [5, 5.41) is 17.8. The molecule has 0 aliphatic heterocycles. The molecular weight excluding hydrogens is 388 g/mol. The molecule has 0 atom stereocenters. The molecule has 0 saturated heterocycles. The van der Waals surface area contributed by atoms with Crippen molar-refractivity contribution in [2.45, 2.75) is 0 Å². The third kappa shape index (κ3) is 2.30. The fraction of sp³-hybridized carbons (Fsp3) is 0. The van der Waals surface area contributed by atoms with Crippen LogP contribution >= 0.6 is 45.2 Å². The van der Waals surface area contributed by atoms with Crippen molar-refractivity contribution in [3.05, 3.63) is 25.1 Å². The molecule has 6 heteroatoms. The smallest absolute Gasteiger partial charge is 0.423 e. The predicted molar refractivity (Wildman–Crippen MR) is 61.7 cm³/mol. The molecule has 0 aliphatic rings. The molecule has 0 spiro atoms. The summed E-state index contributed by atoms with van der Waals surface area (Å²) in [6.45, 7) is 0. The molecule has 12 heavy (non-hydrogen) atoms. The van der Waals surface area contributed by atoms with E-state index in [0.717, 1.165) is 0 Å². The zero-order valence-corrected chi connectivity index (χ0v) is 10.1.